The third-order valence-electron chi connectivity index (χ3n) is 1.10. The molecule has 0 saturated carbocycles. The van der Waals surface area contributed by atoms with Crippen LogP contribution < -0.4 is 5.73 Å². The average molecular weight is 286 g/mol. The van der Waals surface area contributed by atoms with E-state index in [9.17, 15) is 0 Å². The summed E-state index contributed by atoms with van der Waals surface area (Å²) in [6.45, 7) is 23.9. The molecule has 0 atom stereocenters. The molecule has 0 fully saturated rings. The summed E-state index contributed by atoms with van der Waals surface area (Å²) in [7, 11) is 0. The molecule has 0 amide bonds. The molecule has 0 aliphatic rings. The van der Waals surface area contributed by atoms with Gasteiger partial charge in [0.1, 0.15) is 0 Å². The molecule has 0 aliphatic heterocycles. The van der Waals surface area contributed by atoms with E-state index in [1.165, 1.54) is 18.4 Å². The van der Waals surface area contributed by atoms with E-state index in [2.05, 4.69) is 33.4 Å². The van der Waals surface area contributed by atoms with Gasteiger partial charge >= 0.3 is 0 Å². The number of nitrogens with two attached hydrogens (primary N) is 1. The predicted octanol–water partition coefficient (Wildman–Crippen LogP) is 7.26. The highest BCUT2D eigenvalue weighted by atomic mass is 14.5. The Bertz CT molecular complexity index is 184. The summed E-state index contributed by atoms with van der Waals surface area (Å²) in [6.07, 6.45) is 9.40. The zero-order chi connectivity index (χ0) is 17.4. The molecule has 0 aromatic rings. The summed E-state index contributed by atoms with van der Waals surface area (Å²) >= 11 is 0. The molecule has 0 aromatic heterocycles. The largest absolute Gasteiger partial charge is 0.404 e. The van der Waals surface area contributed by atoms with Crippen molar-refractivity contribution in [2.45, 2.75) is 88.5 Å². The maximum absolute atomic E-state index is 5.24. The third-order valence-corrected chi connectivity index (χ3v) is 1.10. The van der Waals surface area contributed by atoms with Gasteiger partial charge in [0.15, 0.2) is 0 Å². The predicted molar refractivity (Wildman–Crippen MR) is 101 cm³/mol. The Hall–Kier alpha value is -0.980. The van der Waals surface area contributed by atoms with Gasteiger partial charge < -0.3 is 5.73 Å². The highest BCUT2D eigenvalue weighted by Crippen LogP contribution is 1.94. The standard InChI is InChI=1S/C8H15N.C4H8.C3H8.2C2H6/c1-3-4-5-6-8(2)7-9;1-4(2)3;1-3-2;2*1-2/h5-7H,3-4,9H2,1-2H3;1H2,2-3H3;3H2,1-2H3;2*1-2H3/b6-5+,8-7+;;;;. The summed E-state index contributed by atoms with van der Waals surface area (Å²) in [4.78, 5) is 0. The molecule has 0 aromatic carbocycles. The molecular weight excluding hydrogens is 242 g/mol. The first-order chi connectivity index (χ1) is 9.45. The molecule has 1 nitrogen and oxygen atoms in total. The van der Waals surface area contributed by atoms with Gasteiger partial charge in [-0.25, -0.2) is 0 Å². The lowest BCUT2D eigenvalue weighted by molar-refractivity contribution is 0.957. The summed E-state index contributed by atoms with van der Waals surface area (Å²) in [5.41, 5.74) is 7.54. The van der Waals surface area contributed by atoms with Crippen LogP contribution in [-0.2, 0) is 0 Å². The van der Waals surface area contributed by atoms with Crippen LogP contribution in [0.2, 0.25) is 0 Å². The lowest BCUT2D eigenvalue weighted by Gasteiger charge is -1.86. The van der Waals surface area contributed by atoms with Gasteiger partial charge in [-0.05, 0) is 39.0 Å². The second-order valence-electron chi connectivity index (χ2n) is 4.02. The normalized spacial score (nSPS) is 8.60. The van der Waals surface area contributed by atoms with E-state index in [-0.39, 0.29) is 0 Å². The van der Waals surface area contributed by atoms with Crippen LogP contribution in [0.1, 0.15) is 88.5 Å². The zero-order valence-corrected chi connectivity index (χ0v) is 16.1. The molecule has 124 valence electrons. The Morgan fingerprint density at radius 1 is 0.950 bits per heavy atom. The molecule has 0 unspecified atom stereocenters. The van der Waals surface area contributed by atoms with E-state index >= 15 is 0 Å². The van der Waals surface area contributed by atoms with Crippen molar-refractivity contribution in [3.63, 3.8) is 0 Å². The van der Waals surface area contributed by atoms with Crippen molar-refractivity contribution in [3.05, 3.63) is 36.1 Å². The number of rotatable bonds is 3. The van der Waals surface area contributed by atoms with Crippen LogP contribution in [0, 0.1) is 0 Å². The maximum atomic E-state index is 5.24. The molecule has 0 aliphatic carbocycles. The molecular formula is C19H43N. The summed E-state index contributed by atoms with van der Waals surface area (Å²) in [5.74, 6) is 0. The first kappa shape index (κ1) is 31.4. The van der Waals surface area contributed by atoms with Crippen LogP contribution in [0.15, 0.2) is 36.1 Å². The molecule has 2 N–H and O–H groups in total. The lowest BCUT2D eigenvalue weighted by atomic mass is 10.2. The lowest BCUT2D eigenvalue weighted by Crippen LogP contribution is -1.79. The van der Waals surface area contributed by atoms with E-state index in [0.29, 0.717) is 0 Å². The van der Waals surface area contributed by atoms with Crippen LogP contribution in [0.5, 0.6) is 0 Å². The van der Waals surface area contributed by atoms with E-state index in [1.807, 2.05) is 54.5 Å². The molecule has 0 heterocycles. The number of hydrogen-bond acceptors (Lipinski definition) is 1. The van der Waals surface area contributed by atoms with Crippen molar-refractivity contribution in [3.8, 4) is 0 Å². The van der Waals surface area contributed by atoms with Crippen molar-refractivity contribution >= 4 is 0 Å². The molecule has 20 heavy (non-hydrogen) atoms. The molecule has 0 saturated heterocycles. The van der Waals surface area contributed by atoms with Crippen LogP contribution in [0.25, 0.3) is 0 Å². The van der Waals surface area contributed by atoms with Crippen molar-refractivity contribution in [1.82, 2.24) is 0 Å². The van der Waals surface area contributed by atoms with Crippen LogP contribution in [0.3, 0.4) is 0 Å². The maximum Gasteiger partial charge on any atom is -0.00327 e. The van der Waals surface area contributed by atoms with E-state index in [0.717, 1.165) is 12.0 Å². The highest BCUT2D eigenvalue weighted by Gasteiger charge is 1.75. The minimum absolute atomic E-state index is 1.13. The van der Waals surface area contributed by atoms with Crippen LogP contribution in [0.4, 0.5) is 0 Å². The Morgan fingerprint density at radius 3 is 1.45 bits per heavy atom. The van der Waals surface area contributed by atoms with Gasteiger partial charge in [0.05, 0.1) is 0 Å². The third kappa shape index (κ3) is 121. The minimum atomic E-state index is 1.13. The van der Waals surface area contributed by atoms with Crippen molar-refractivity contribution < 1.29 is 0 Å². The zero-order valence-electron chi connectivity index (χ0n) is 16.1. The number of unbranched alkanes of at least 4 members (excludes halogenated alkanes) is 1. The van der Waals surface area contributed by atoms with Crippen molar-refractivity contribution in [2.24, 2.45) is 5.73 Å². The van der Waals surface area contributed by atoms with Gasteiger partial charge in [0.2, 0.25) is 0 Å². The van der Waals surface area contributed by atoms with E-state index in [1.54, 1.807) is 6.20 Å². The van der Waals surface area contributed by atoms with Crippen molar-refractivity contribution in [2.75, 3.05) is 0 Å². The average Bonchev–Trinajstić information content (AvgIpc) is 2.43. The second kappa shape index (κ2) is 43.0. The Balaban J connectivity index is -0.0000000572. The smallest absolute Gasteiger partial charge is 0.00327 e. The molecule has 0 rings (SSSR count). The monoisotopic (exact) mass is 285 g/mol. The quantitative estimate of drug-likeness (QED) is 0.428. The molecule has 0 radical (unpaired) electrons. The van der Waals surface area contributed by atoms with Gasteiger partial charge in [-0.15, -0.1) is 6.58 Å². The van der Waals surface area contributed by atoms with Crippen molar-refractivity contribution in [1.29, 1.82) is 0 Å². The van der Waals surface area contributed by atoms with Gasteiger partial charge in [-0.2, -0.15) is 0 Å². The van der Waals surface area contributed by atoms with Crippen LogP contribution >= 0.6 is 0 Å². The SMILES string of the molecule is C=C(C)C.CC.CC.CCC.CCC/C=C/C(C)=C/N. The first-order valence-corrected chi connectivity index (χ1v) is 8.13. The Morgan fingerprint density at radius 2 is 1.25 bits per heavy atom. The first-order valence-electron chi connectivity index (χ1n) is 8.13. The fourth-order valence-corrected chi connectivity index (χ4v) is 0.491. The fourth-order valence-electron chi connectivity index (χ4n) is 0.491. The molecule has 0 spiro atoms. The van der Waals surface area contributed by atoms with Gasteiger partial charge in [-0.1, -0.05) is 79.0 Å². The van der Waals surface area contributed by atoms with E-state index < -0.39 is 0 Å². The molecule has 0 bridgehead atoms. The second-order valence-corrected chi connectivity index (χ2v) is 4.02. The summed E-state index contributed by atoms with van der Waals surface area (Å²) < 4.78 is 0. The highest BCUT2D eigenvalue weighted by molar-refractivity contribution is 5.13. The summed E-state index contributed by atoms with van der Waals surface area (Å²) in [6, 6.07) is 0. The van der Waals surface area contributed by atoms with Gasteiger partial charge in [0, 0.05) is 0 Å². The Labute approximate surface area is 131 Å². The number of hydrogen-bond donors (Lipinski definition) is 1. The van der Waals surface area contributed by atoms with E-state index in [4.69, 9.17) is 5.73 Å². The minimum Gasteiger partial charge on any atom is -0.404 e. The van der Waals surface area contributed by atoms with Gasteiger partial charge in [0.25, 0.3) is 0 Å². The van der Waals surface area contributed by atoms with Crippen LogP contribution in [-0.4, -0.2) is 0 Å². The Kier molecular flexibility index (Phi) is 67.5. The summed E-state index contributed by atoms with van der Waals surface area (Å²) in [5, 5.41) is 0. The van der Waals surface area contributed by atoms with Gasteiger partial charge in [-0.3, -0.25) is 0 Å². The fraction of sp³-hybridized carbons (Fsp3) is 0.684. The molecule has 1 heteroatoms. The topological polar surface area (TPSA) is 26.0 Å². The number of allylic oxidation sites excluding steroid dienone is 4.